The number of aryl methyl sites for hydroxylation is 1. The molecule has 8 nitrogen and oxygen atoms in total. The van der Waals surface area contributed by atoms with Crippen LogP contribution in [0.2, 0.25) is 0 Å². The highest BCUT2D eigenvalue weighted by atomic mass is 16.3. The third-order valence-corrected chi connectivity index (χ3v) is 4.68. The van der Waals surface area contributed by atoms with E-state index in [-0.39, 0.29) is 11.9 Å². The van der Waals surface area contributed by atoms with Crippen molar-refractivity contribution in [3.8, 4) is 11.5 Å². The van der Waals surface area contributed by atoms with Gasteiger partial charge in [0.05, 0.1) is 12.2 Å². The molecule has 3 aromatic rings. The molecule has 0 radical (unpaired) electrons. The Bertz CT molecular complexity index is 904. The summed E-state index contributed by atoms with van der Waals surface area (Å²) in [6, 6.07) is 9.59. The van der Waals surface area contributed by atoms with Gasteiger partial charge in [0.1, 0.15) is 12.1 Å². The number of carbonyl (C=O) groups excluding carboxylic acids is 1. The maximum absolute atomic E-state index is 12.5. The minimum absolute atomic E-state index is 0.101. The summed E-state index contributed by atoms with van der Waals surface area (Å²) in [5.41, 5.74) is 1.61. The second-order valence-corrected chi connectivity index (χ2v) is 6.73. The van der Waals surface area contributed by atoms with Crippen LogP contribution in [0, 0.1) is 6.92 Å². The number of rotatable bonds is 4. The monoisotopic (exact) mass is 366 g/mol. The molecule has 140 valence electrons. The lowest BCUT2D eigenvalue weighted by Crippen LogP contribution is -2.44. The predicted octanol–water partition coefficient (Wildman–Crippen LogP) is 2.86. The van der Waals surface area contributed by atoms with E-state index < -0.39 is 0 Å². The molecule has 0 saturated carbocycles. The number of nitrogens with one attached hydrogen (secondary N) is 2. The fourth-order valence-electron chi connectivity index (χ4n) is 3.29. The standard InChI is InChI=1S/C19H22N6O2/c1-13-21-17(24-23-13)15-8-5-9-25(11-15)19(26)20-10-16-12-27-18(22-16)14-6-3-2-4-7-14/h2-4,6-7,12,15H,5,8-11H2,1H3,(H,20,26)(H,21,23,24)/t15-/m1/s1. The smallest absolute Gasteiger partial charge is 0.317 e. The van der Waals surface area contributed by atoms with Gasteiger partial charge in [-0.2, -0.15) is 5.10 Å². The number of likely N-dealkylation sites (tertiary alicyclic amines) is 1. The van der Waals surface area contributed by atoms with Crippen LogP contribution in [0.5, 0.6) is 0 Å². The number of piperidine rings is 1. The van der Waals surface area contributed by atoms with Gasteiger partial charge in [-0.3, -0.25) is 5.10 Å². The summed E-state index contributed by atoms with van der Waals surface area (Å²) in [5, 5.41) is 10.0. The Kier molecular flexibility index (Phi) is 4.86. The number of hydrogen-bond donors (Lipinski definition) is 2. The zero-order chi connectivity index (χ0) is 18.6. The van der Waals surface area contributed by atoms with Crippen LogP contribution in [-0.2, 0) is 6.54 Å². The van der Waals surface area contributed by atoms with Crippen LogP contribution in [-0.4, -0.2) is 44.2 Å². The van der Waals surface area contributed by atoms with Gasteiger partial charge in [-0.15, -0.1) is 0 Å². The molecule has 1 saturated heterocycles. The summed E-state index contributed by atoms with van der Waals surface area (Å²) < 4.78 is 5.51. The average Bonchev–Trinajstić information content (AvgIpc) is 3.36. The fourth-order valence-corrected chi connectivity index (χ4v) is 3.29. The third-order valence-electron chi connectivity index (χ3n) is 4.68. The maximum Gasteiger partial charge on any atom is 0.317 e. The number of urea groups is 1. The highest BCUT2D eigenvalue weighted by molar-refractivity contribution is 5.74. The van der Waals surface area contributed by atoms with Gasteiger partial charge in [0.2, 0.25) is 5.89 Å². The van der Waals surface area contributed by atoms with Gasteiger partial charge in [0, 0.05) is 24.6 Å². The minimum atomic E-state index is -0.101. The van der Waals surface area contributed by atoms with Crippen LogP contribution in [0.1, 0.15) is 36.1 Å². The third kappa shape index (κ3) is 3.99. The first-order chi connectivity index (χ1) is 13.2. The lowest BCUT2D eigenvalue weighted by Gasteiger charge is -2.31. The normalized spacial score (nSPS) is 17.1. The fraction of sp³-hybridized carbons (Fsp3) is 0.368. The van der Waals surface area contributed by atoms with E-state index >= 15 is 0 Å². The molecule has 1 atom stereocenters. The number of aromatic nitrogens is 4. The Hall–Kier alpha value is -3.16. The number of aromatic amines is 1. The summed E-state index contributed by atoms with van der Waals surface area (Å²) in [7, 11) is 0. The molecule has 1 aliphatic heterocycles. The summed E-state index contributed by atoms with van der Waals surface area (Å²) in [6.45, 7) is 3.57. The van der Waals surface area contributed by atoms with Gasteiger partial charge in [0.15, 0.2) is 5.82 Å². The van der Waals surface area contributed by atoms with Crippen molar-refractivity contribution in [2.75, 3.05) is 13.1 Å². The molecule has 0 unspecified atom stereocenters. The molecule has 0 spiro atoms. The van der Waals surface area contributed by atoms with Crippen molar-refractivity contribution in [2.45, 2.75) is 32.2 Å². The molecule has 1 aromatic carbocycles. The van der Waals surface area contributed by atoms with Crippen molar-refractivity contribution in [1.29, 1.82) is 0 Å². The quantitative estimate of drug-likeness (QED) is 0.739. The molecule has 27 heavy (non-hydrogen) atoms. The van der Waals surface area contributed by atoms with Crippen LogP contribution in [0.4, 0.5) is 4.79 Å². The van der Waals surface area contributed by atoms with Crippen LogP contribution in [0.25, 0.3) is 11.5 Å². The summed E-state index contributed by atoms with van der Waals surface area (Å²) in [4.78, 5) is 23.2. The van der Waals surface area contributed by atoms with Gasteiger partial charge in [-0.25, -0.2) is 14.8 Å². The first kappa shape index (κ1) is 17.3. The Morgan fingerprint density at radius 1 is 1.33 bits per heavy atom. The molecule has 2 amide bonds. The highest BCUT2D eigenvalue weighted by Crippen LogP contribution is 2.24. The van der Waals surface area contributed by atoms with Gasteiger partial charge < -0.3 is 14.6 Å². The molecule has 4 rings (SSSR count). The first-order valence-electron chi connectivity index (χ1n) is 9.10. The van der Waals surface area contributed by atoms with E-state index in [0.29, 0.717) is 24.7 Å². The SMILES string of the molecule is Cc1nc([C@@H]2CCCN(C(=O)NCc3coc(-c4ccccc4)n3)C2)n[nH]1. The predicted molar refractivity (Wildman–Crippen MR) is 98.8 cm³/mol. The van der Waals surface area contributed by atoms with E-state index in [2.05, 4.69) is 25.5 Å². The second kappa shape index (κ2) is 7.61. The average molecular weight is 366 g/mol. The first-order valence-corrected chi connectivity index (χ1v) is 9.10. The van der Waals surface area contributed by atoms with Crippen molar-refractivity contribution in [3.05, 3.63) is 53.9 Å². The van der Waals surface area contributed by atoms with E-state index in [9.17, 15) is 4.79 Å². The molecule has 0 aliphatic carbocycles. The Morgan fingerprint density at radius 2 is 2.19 bits per heavy atom. The summed E-state index contributed by atoms with van der Waals surface area (Å²) in [5.74, 6) is 2.31. The van der Waals surface area contributed by atoms with E-state index in [0.717, 1.165) is 36.6 Å². The molecule has 1 fully saturated rings. The molecule has 2 aromatic heterocycles. The van der Waals surface area contributed by atoms with Crippen molar-refractivity contribution >= 4 is 6.03 Å². The van der Waals surface area contributed by atoms with Gasteiger partial charge >= 0.3 is 6.03 Å². The van der Waals surface area contributed by atoms with E-state index in [4.69, 9.17) is 4.42 Å². The largest absolute Gasteiger partial charge is 0.444 e. The molecular weight excluding hydrogens is 344 g/mol. The molecular formula is C19H22N6O2. The number of hydrogen-bond acceptors (Lipinski definition) is 5. The Morgan fingerprint density at radius 3 is 2.96 bits per heavy atom. The number of nitrogens with zero attached hydrogens (tertiary/aromatic N) is 4. The van der Waals surface area contributed by atoms with E-state index in [1.54, 1.807) is 6.26 Å². The molecule has 3 heterocycles. The number of benzene rings is 1. The lowest BCUT2D eigenvalue weighted by molar-refractivity contribution is 0.178. The van der Waals surface area contributed by atoms with Crippen molar-refractivity contribution in [3.63, 3.8) is 0 Å². The topological polar surface area (TPSA) is 99.9 Å². The van der Waals surface area contributed by atoms with Gasteiger partial charge in [-0.05, 0) is 31.9 Å². The number of amides is 2. The van der Waals surface area contributed by atoms with E-state index in [1.807, 2.05) is 42.2 Å². The van der Waals surface area contributed by atoms with Crippen LogP contribution in [0.15, 0.2) is 41.0 Å². The molecule has 8 heteroatoms. The van der Waals surface area contributed by atoms with Crippen LogP contribution < -0.4 is 5.32 Å². The van der Waals surface area contributed by atoms with Crippen LogP contribution >= 0.6 is 0 Å². The number of carbonyl (C=O) groups is 1. The van der Waals surface area contributed by atoms with Gasteiger partial charge in [-0.1, -0.05) is 18.2 Å². The molecule has 2 N–H and O–H groups in total. The van der Waals surface area contributed by atoms with Gasteiger partial charge in [0.25, 0.3) is 0 Å². The van der Waals surface area contributed by atoms with Crippen molar-refractivity contribution < 1.29 is 9.21 Å². The number of H-pyrrole nitrogens is 1. The molecule has 1 aliphatic rings. The zero-order valence-electron chi connectivity index (χ0n) is 15.2. The Balaban J connectivity index is 1.33. The minimum Gasteiger partial charge on any atom is -0.444 e. The lowest BCUT2D eigenvalue weighted by atomic mass is 9.98. The molecule has 0 bridgehead atoms. The number of oxazole rings is 1. The highest BCUT2D eigenvalue weighted by Gasteiger charge is 2.27. The Labute approximate surface area is 157 Å². The maximum atomic E-state index is 12.5. The van der Waals surface area contributed by atoms with Crippen LogP contribution in [0.3, 0.4) is 0 Å². The second-order valence-electron chi connectivity index (χ2n) is 6.73. The zero-order valence-corrected chi connectivity index (χ0v) is 15.2. The summed E-state index contributed by atoms with van der Waals surface area (Å²) >= 11 is 0. The summed E-state index contributed by atoms with van der Waals surface area (Å²) in [6.07, 6.45) is 3.51. The van der Waals surface area contributed by atoms with Crippen molar-refractivity contribution in [2.24, 2.45) is 0 Å². The van der Waals surface area contributed by atoms with E-state index in [1.165, 1.54) is 0 Å². The van der Waals surface area contributed by atoms with Crippen molar-refractivity contribution in [1.82, 2.24) is 30.4 Å².